The van der Waals surface area contributed by atoms with Crippen LogP contribution in [0.3, 0.4) is 0 Å². The molecular weight excluding hydrogens is 250 g/mol. The van der Waals surface area contributed by atoms with Crippen molar-refractivity contribution in [3.63, 3.8) is 0 Å². The minimum atomic E-state index is -0.120. The lowest BCUT2D eigenvalue weighted by Crippen LogP contribution is -2.11. The predicted octanol–water partition coefficient (Wildman–Crippen LogP) is 3.89. The van der Waals surface area contributed by atoms with Gasteiger partial charge in [0.25, 0.3) is 5.91 Å². The predicted molar refractivity (Wildman–Crippen MR) is 81.1 cm³/mol. The van der Waals surface area contributed by atoms with Crippen molar-refractivity contribution in [2.45, 2.75) is 6.42 Å². The number of anilines is 1. The lowest BCUT2D eigenvalue weighted by molar-refractivity contribution is 0.102. The summed E-state index contributed by atoms with van der Waals surface area (Å²) in [6, 6.07) is 16.4. The van der Waals surface area contributed by atoms with Gasteiger partial charge in [0.05, 0.1) is 6.61 Å². The molecule has 1 amide bonds. The van der Waals surface area contributed by atoms with Gasteiger partial charge < -0.3 is 10.1 Å². The molecule has 0 aromatic heterocycles. The number of hydrogen-bond acceptors (Lipinski definition) is 2. The Balaban J connectivity index is 1.93. The Labute approximate surface area is 118 Å². The van der Waals surface area contributed by atoms with Crippen molar-refractivity contribution >= 4 is 11.6 Å². The van der Waals surface area contributed by atoms with Crippen LogP contribution in [-0.4, -0.2) is 12.5 Å². The zero-order chi connectivity index (χ0) is 14.2. The van der Waals surface area contributed by atoms with E-state index >= 15 is 0 Å². The molecule has 2 rings (SSSR count). The molecule has 1 N–H and O–H groups in total. The number of amides is 1. The first-order valence-electron chi connectivity index (χ1n) is 6.50. The van der Waals surface area contributed by atoms with E-state index < -0.39 is 0 Å². The molecule has 0 heterocycles. The van der Waals surface area contributed by atoms with Gasteiger partial charge in [0, 0.05) is 11.3 Å². The molecule has 3 heteroatoms. The maximum atomic E-state index is 12.0. The van der Waals surface area contributed by atoms with E-state index in [0.29, 0.717) is 12.2 Å². The first-order chi connectivity index (χ1) is 9.79. The van der Waals surface area contributed by atoms with Gasteiger partial charge in [-0.05, 0) is 42.8 Å². The summed E-state index contributed by atoms with van der Waals surface area (Å²) in [6.45, 7) is 4.25. The van der Waals surface area contributed by atoms with E-state index in [1.165, 1.54) is 0 Å². The van der Waals surface area contributed by atoms with E-state index in [0.717, 1.165) is 17.9 Å². The second-order valence-electron chi connectivity index (χ2n) is 4.27. The van der Waals surface area contributed by atoms with Gasteiger partial charge in [-0.25, -0.2) is 0 Å². The first kappa shape index (κ1) is 13.9. The fraction of sp³-hybridized carbons (Fsp3) is 0.118. The summed E-state index contributed by atoms with van der Waals surface area (Å²) in [4.78, 5) is 12.0. The van der Waals surface area contributed by atoms with Gasteiger partial charge in [0.2, 0.25) is 0 Å². The SMILES string of the molecule is C=CCCOc1ccc(NC(=O)c2ccccc2)cc1. The number of hydrogen-bond donors (Lipinski definition) is 1. The zero-order valence-corrected chi connectivity index (χ0v) is 11.2. The summed E-state index contributed by atoms with van der Waals surface area (Å²) in [7, 11) is 0. The molecule has 0 saturated carbocycles. The van der Waals surface area contributed by atoms with Gasteiger partial charge in [-0.2, -0.15) is 0 Å². The first-order valence-corrected chi connectivity index (χ1v) is 6.50. The van der Waals surface area contributed by atoms with Crippen molar-refractivity contribution in [2.24, 2.45) is 0 Å². The molecule has 0 aliphatic rings. The quantitative estimate of drug-likeness (QED) is 0.637. The van der Waals surface area contributed by atoms with Crippen molar-refractivity contribution in [3.8, 4) is 5.75 Å². The Bertz CT molecular complexity index is 561. The van der Waals surface area contributed by atoms with Gasteiger partial charge in [-0.1, -0.05) is 24.3 Å². The van der Waals surface area contributed by atoms with Crippen LogP contribution in [-0.2, 0) is 0 Å². The minimum absolute atomic E-state index is 0.120. The summed E-state index contributed by atoms with van der Waals surface area (Å²) < 4.78 is 5.51. The normalized spacial score (nSPS) is 9.80. The topological polar surface area (TPSA) is 38.3 Å². The molecule has 102 valence electrons. The summed E-state index contributed by atoms with van der Waals surface area (Å²) in [5.74, 6) is 0.662. The zero-order valence-electron chi connectivity index (χ0n) is 11.2. The smallest absolute Gasteiger partial charge is 0.255 e. The third-order valence-corrected chi connectivity index (χ3v) is 2.74. The van der Waals surface area contributed by atoms with Crippen LogP contribution in [0.1, 0.15) is 16.8 Å². The average Bonchev–Trinajstić information content (AvgIpc) is 2.50. The van der Waals surface area contributed by atoms with Crippen LogP contribution < -0.4 is 10.1 Å². The third-order valence-electron chi connectivity index (χ3n) is 2.74. The van der Waals surface area contributed by atoms with E-state index in [1.807, 2.05) is 48.5 Å². The van der Waals surface area contributed by atoms with Crippen molar-refractivity contribution in [3.05, 3.63) is 72.8 Å². The fourth-order valence-corrected chi connectivity index (χ4v) is 1.69. The average molecular weight is 267 g/mol. The standard InChI is InChI=1S/C17H17NO2/c1-2-3-13-20-16-11-9-15(10-12-16)18-17(19)14-7-5-4-6-8-14/h2,4-12H,1,3,13H2,(H,18,19). The maximum Gasteiger partial charge on any atom is 0.255 e. The minimum Gasteiger partial charge on any atom is -0.493 e. The summed E-state index contributed by atoms with van der Waals surface area (Å²) in [6.07, 6.45) is 2.63. The summed E-state index contributed by atoms with van der Waals surface area (Å²) >= 11 is 0. The van der Waals surface area contributed by atoms with Gasteiger partial charge >= 0.3 is 0 Å². The van der Waals surface area contributed by atoms with E-state index in [9.17, 15) is 4.79 Å². The molecule has 0 bridgehead atoms. The van der Waals surface area contributed by atoms with Crippen LogP contribution in [0.5, 0.6) is 5.75 Å². The number of ether oxygens (including phenoxy) is 1. The second kappa shape index (κ2) is 7.14. The van der Waals surface area contributed by atoms with Crippen LogP contribution >= 0.6 is 0 Å². The molecule has 0 atom stereocenters. The fourth-order valence-electron chi connectivity index (χ4n) is 1.69. The largest absolute Gasteiger partial charge is 0.493 e. The van der Waals surface area contributed by atoms with E-state index in [2.05, 4.69) is 11.9 Å². The van der Waals surface area contributed by atoms with Crippen LogP contribution in [0.2, 0.25) is 0 Å². The highest BCUT2D eigenvalue weighted by molar-refractivity contribution is 6.04. The number of benzene rings is 2. The molecule has 0 spiro atoms. The van der Waals surface area contributed by atoms with E-state index in [1.54, 1.807) is 12.1 Å². The molecule has 0 radical (unpaired) electrons. The highest BCUT2D eigenvalue weighted by atomic mass is 16.5. The Morgan fingerprint density at radius 2 is 1.80 bits per heavy atom. The van der Waals surface area contributed by atoms with Crippen LogP contribution in [0.4, 0.5) is 5.69 Å². The lowest BCUT2D eigenvalue weighted by atomic mass is 10.2. The van der Waals surface area contributed by atoms with E-state index in [4.69, 9.17) is 4.74 Å². The van der Waals surface area contributed by atoms with Crippen molar-refractivity contribution in [1.29, 1.82) is 0 Å². The number of nitrogens with one attached hydrogen (secondary N) is 1. The molecular formula is C17H17NO2. The second-order valence-corrected chi connectivity index (χ2v) is 4.27. The molecule has 0 aliphatic heterocycles. The molecule has 0 aliphatic carbocycles. The monoisotopic (exact) mass is 267 g/mol. The molecule has 3 nitrogen and oxygen atoms in total. The van der Waals surface area contributed by atoms with Crippen LogP contribution in [0, 0.1) is 0 Å². The molecule has 0 saturated heterocycles. The summed E-state index contributed by atoms with van der Waals surface area (Å²) in [5.41, 5.74) is 1.38. The van der Waals surface area contributed by atoms with Gasteiger partial charge in [-0.15, -0.1) is 6.58 Å². The third kappa shape index (κ3) is 3.99. The summed E-state index contributed by atoms with van der Waals surface area (Å²) in [5, 5.41) is 2.84. The highest BCUT2D eigenvalue weighted by Crippen LogP contribution is 2.16. The number of carbonyl (C=O) groups is 1. The molecule has 20 heavy (non-hydrogen) atoms. The van der Waals surface area contributed by atoms with Gasteiger partial charge in [0.1, 0.15) is 5.75 Å². The lowest BCUT2D eigenvalue weighted by Gasteiger charge is -2.07. The highest BCUT2D eigenvalue weighted by Gasteiger charge is 2.04. The van der Waals surface area contributed by atoms with Crippen LogP contribution in [0.25, 0.3) is 0 Å². The van der Waals surface area contributed by atoms with Gasteiger partial charge in [0.15, 0.2) is 0 Å². The Morgan fingerprint density at radius 3 is 2.45 bits per heavy atom. The number of carbonyl (C=O) groups excluding carboxylic acids is 1. The molecule has 2 aromatic rings. The Morgan fingerprint density at radius 1 is 1.10 bits per heavy atom. The molecule has 2 aromatic carbocycles. The molecule has 0 fully saturated rings. The van der Waals surface area contributed by atoms with E-state index in [-0.39, 0.29) is 5.91 Å². The van der Waals surface area contributed by atoms with Crippen molar-refractivity contribution in [2.75, 3.05) is 11.9 Å². The van der Waals surface area contributed by atoms with Crippen molar-refractivity contribution < 1.29 is 9.53 Å². The Kier molecular flexibility index (Phi) is 4.95. The number of rotatable bonds is 6. The van der Waals surface area contributed by atoms with Crippen LogP contribution in [0.15, 0.2) is 67.3 Å². The van der Waals surface area contributed by atoms with Crippen molar-refractivity contribution in [1.82, 2.24) is 0 Å². The Hall–Kier alpha value is -2.55. The molecule has 0 unspecified atom stereocenters. The maximum absolute atomic E-state index is 12.0. The van der Waals surface area contributed by atoms with Gasteiger partial charge in [-0.3, -0.25) is 4.79 Å².